The van der Waals surface area contributed by atoms with Gasteiger partial charge in [0.05, 0.1) is 0 Å². The summed E-state index contributed by atoms with van der Waals surface area (Å²) in [4.78, 5) is 25.7. The lowest BCUT2D eigenvalue weighted by Gasteiger charge is -2.09. The van der Waals surface area contributed by atoms with E-state index in [1.54, 1.807) is 25.1 Å². The first kappa shape index (κ1) is 14.3. The fraction of sp³-hybridized carbons (Fsp3) is 0.273. The summed E-state index contributed by atoms with van der Waals surface area (Å²) in [5, 5.41) is 8.85. The van der Waals surface area contributed by atoms with Crippen LogP contribution >= 0.6 is 11.6 Å². The van der Waals surface area contributed by atoms with Crippen molar-refractivity contribution in [3.63, 3.8) is 0 Å². The Morgan fingerprint density at radius 3 is 2.72 bits per heavy atom. The molecule has 0 saturated heterocycles. The van der Waals surface area contributed by atoms with E-state index in [4.69, 9.17) is 21.4 Å². The van der Waals surface area contributed by atoms with Gasteiger partial charge in [-0.25, -0.2) is 10.3 Å². The van der Waals surface area contributed by atoms with Crippen molar-refractivity contribution in [1.29, 1.82) is 0 Å². The number of carbonyl (C=O) groups excluding carboxylic acids is 1. The molecule has 7 heteroatoms. The molecule has 98 valence electrons. The van der Waals surface area contributed by atoms with E-state index in [0.29, 0.717) is 10.8 Å². The average Bonchev–Trinajstić information content (AvgIpc) is 2.27. The Morgan fingerprint density at radius 2 is 2.11 bits per heavy atom. The minimum Gasteiger partial charge on any atom is -0.483 e. The standard InChI is InChI=1S/C11H12ClNO5/c1-7-4-8(12)2-3-9(7)17-5-10(14)13-18-6-11(15)16/h2-4H,5-6H2,1H3,(H,13,14)(H,15,16). The molecular weight excluding hydrogens is 262 g/mol. The van der Waals surface area contributed by atoms with Gasteiger partial charge in [0.1, 0.15) is 5.75 Å². The Hall–Kier alpha value is -1.79. The molecular formula is C11H12ClNO5. The van der Waals surface area contributed by atoms with Gasteiger partial charge in [0.2, 0.25) is 0 Å². The van der Waals surface area contributed by atoms with Crippen molar-refractivity contribution in [2.45, 2.75) is 6.92 Å². The van der Waals surface area contributed by atoms with Crippen LogP contribution in [-0.2, 0) is 14.4 Å². The molecule has 6 nitrogen and oxygen atoms in total. The normalized spacial score (nSPS) is 9.89. The number of carbonyl (C=O) groups is 2. The minimum absolute atomic E-state index is 0.276. The third-order valence-electron chi connectivity index (χ3n) is 1.88. The van der Waals surface area contributed by atoms with Gasteiger partial charge < -0.3 is 9.84 Å². The molecule has 0 aliphatic rings. The maximum Gasteiger partial charge on any atom is 0.332 e. The molecule has 0 fully saturated rings. The van der Waals surface area contributed by atoms with Crippen LogP contribution < -0.4 is 10.2 Å². The zero-order chi connectivity index (χ0) is 13.5. The van der Waals surface area contributed by atoms with E-state index >= 15 is 0 Å². The van der Waals surface area contributed by atoms with Gasteiger partial charge in [-0.1, -0.05) is 11.6 Å². The molecule has 1 amide bonds. The fourth-order valence-corrected chi connectivity index (χ4v) is 1.35. The van der Waals surface area contributed by atoms with Crippen molar-refractivity contribution < 1.29 is 24.3 Å². The second-order valence-electron chi connectivity index (χ2n) is 3.41. The Bertz CT molecular complexity index is 449. The highest BCUT2D eigenvalue weighted by Gasteiger charge is 2.06. The topological polar surface area (TPSA) is 84.9 Å². The van der Waals surface area contributed by atoms with Gasteiger partial charge in [-0.3, -0.25) is 9.63 Å². The molecule has 0 saturated carbocycles. The number of hydrogen-bond acceptors (Lipinski definition) is 4. The van der Waals surface area contributed by atoms with Crippen molar-refractivity contribution in [3.05, 3.63) is 28.8 Å². The Morgan fingerprint density at radius 1 is 1.39 bits per heavy atom. The lowest BCUT2D eigenvalue weighted by molar-refractivity contribution is -0.149. The van der Waals surface area contributed by atoms with E-state index in [1.165, 1.54) is 0 Å². The number of amides is 1. The highest BCUT2D eigenvalue weighted by molar-refractivity contribution is 6.30. The number of carboxylic acid groups (broad SMARTS) is 1. The lowest BCUT2D eigenvalue weighted by atomic mass is 10.2. The van der Waals surface area contributed by atoms with E-state index in [1.807, 2.05) is 5.48 Å². The molecule has 0 spiro atoms. The lowest BCUT2D eigenvalue weighted by Crippen LogP contribution is -2.31. The molecule has 0 radical (unpaired) electrons. The molecule has 0 aliphatic carbocycles. The van der Waals surface area contributed by atoms with Crippen LogP contribution in [-0.4, -0.2) is 30.2 Å². The second-order valence-corrected chi connectivity index (χ2v) is 3.84. The number of hydrogen-bond donors (Lipinski definition) is 2. The van der Waals surface area contributed by atoms with Crippen molar-refractivity contribution in [1.82, 2.24) is 5.48 Å². The zero-order valence-corrected chi connectivity index (χ0v) is 10.4. The summed E-state index contributed by atoms with van der Waals surface area (Å²) in [6, 6.07) is 4.99. The molecule has 0 bridgehead atoms. The summed E-state index contributed by atoms with van der Waals surface area (Å²) in [6.07, 6.45) is 0. The number of halogens is 1. The highest BCUT2D eigenvalue weighted by Crippen LogP contribution is 2.21. The molecule has 2 N–H and O–H groups in total. The van der Waals surface area contributed by atoms with Gasteiger partial charge in [0, 0.05) is 5.02 Å². The van der Waals surface area contributed by atoms with Crippen molar-refractivity contribution >= 4 is 23.5 Å². The van der Waals surface area contributed by atoms with E-state index in [-0.39, 0.29) is 6.61 Å². The number of carboxylic acids is 1. The number of ether oxygens (including phenoxy) is 1. The Kier molecular flexibility index (Phi) is 5.41. The van der Waals surface area contributed by atoms with E-state index < -0.39 is 18.5 Å². The monoisotopic (exact) mass is 273 g/mol. The number of rotatable bonds is 6. The molecule has 1 aromatic carbocycles. The summed E-state index contributed by atoms with van der Waals surface area (Å²) in [7, 11) is 0. The molecule has 0 unspecified atom stereocenters. The van der Waals surface area contributed by atoms with Crippen molar-refractivity contribution in [2.75, 3.05) is 13.2 Å². The van der Waals surface area contributed by atoms with E-state index in [9.17, 15) is 9.59 Å². The van der Waals surface area contributed by atoms with Crippen LogP contribution in [0.1, 0.15) is 5.56 Å². The predicted molar refractivity (Wildman–Crippen MR) is 63.4 cm³/mol. The number of aryl methyl sites for hydroxylation is 1. The first-order valence-electron chi connectivity index (χ1n) is 5.00. The van der Waals surface area contributed by atoms with Crippen molar-refractivity contribution in [3.8, 4) is 5.75 Å². The number of nitrogens with one attached hydrogen (secondary N) is 1. The maximum absolute atomic E-state index is 11.2. The first-order valence-corrected chi connectivity index (χ1v) is 5.38. The molecule has 0 aromatic heterocycles. The number of benzene rings is 1. The predicted octanol–water partition coefficient (Wildman–Crippen LogP) is 1.16. The Labute approximate surface area is 108 Å². The van der Waals surface area contributed by atoms with Crippen LogP contribution in [0.4, 0.5) is 0 Å². The van der Waals surface area contributed by atoms with E-state index in [2.05, 4.69) is 4.84 Å². The summed E-state index contributed by atoms with van der Waals surface area (Å²) in [6.45, 7) is 0.911. The molecule has 0 atom stereocenters. The SMILES string of the molecule is Cc1cc(Cl)ccc1OCC(=O)NOCC(=O)O. The average molecular weight is 274 g/mol. The van der Waals surface area contributed by atoms with E-state index in [0.717, 1.165) is 5.56 Å². The Balaban J connectivity index is 2.36. The van der Waals surface area contributed by atoms with Crippen LogP contribution in [0, 0.1) is 6.92 Å². The molecule has 1 rings (SSSR count). The van der Waals surface area contributed by atoms with Gasteiger partial charge in [-0.2, -0.15) is 0 Å². The highest BCUT2D eigenvalue weighted by atomic mass is 35.5. The van der Waals surface area contributed by atoms with Crippen LogP contribution in [0.25, 0.3) is 0 Å². The summed E-state index contributed by atoms with van der Waals surface area (Å²) >= 11 is 5.77. The summed E-state index contributed by atoms with van der Waals surface area (Å²) in [5.74, 6) is -1.23. The number of hydroxylamine groups is 1. The van der Waals surface area contributed by atoms with Crippen LogP contribution in [0.15, 0.2) is 18.2 Å². The minimum atomic E-state index is -1.18. The summed E-state index contributed by atoms with van der Waals surface area (Å²) in [5.41, 5.74) is 2.74. The quantitative estimate of drug-likeness (QED) is 0.760. The second kappa shape index (κ2) is 6.83. The van der Waals surface area contributed by atoms with Crippen LogP contribution in [0.2, 0.25) is 5.02 Å². The van der Waals surface area contributed by atoms with Gasteiger partial charge in [-0.15, -0.1) is 0 Å². The fourth-order valence-electron chi connectivity index (χ4n) is 1.13. The number of aliphatic carboxylic acids is 1. The first-order chi connectivity index (χ1) is 8.49. The molecule has 1 aromatic rings. The molecule has 0 aliphatic heterocycles. The smallest absolute Gasteiger partial charge is 0.332 e. The van der Waals surface area contributed by atoms with Crippen LogP contribution in [0.5, 0.6) is 5.75 Å². The van der Waals surface area contributed by atoms with Gasteiger partial charge in [-0.05, 0) is 30.7 Å². The third-order valence-corrected chi connectivity index (χ3v) is 2.11. The van der Waals surface area contributed by atoms with Gasteiger partial charge in [0.25, 0.3) is 5.91 Å². The van der Waals surface area contributed by atoms with Crippen molar-refractivity contribution in [2.24, 2.45) is 0 Å². The largest absolute Gasteiger partial charge is 0.483 e. The maximum atomic E-state index is 11.2. The van der Waals surface area contributed by atoms with Crippen LogP contribution in [0.3, 0.4) is 0 Å². The molecule has 18 heavy (non-hydrogen) atoms. The van der Waals surface area contributed by atoms with Gasteiger partial charge >= 0.3 is 5.97 Å². The summed E-state index contributed by atoms with van der Waals surface area (Å²) < 4.78 is 5.21. The third kappa shape index (κ3) is 5.03. The zero-order valence-electron chi connectivity index (χ0n) is 9.60. The molecule has 0 heterocycles. The van der Waals surface area contributed by atoms with Gasteiger partial charge in [0.15, 0.2) is 13.2 Å².